The summed E-state index contributed by atoms with van der Waals surface area (Å²) in [5, 5.41) is 0. The summed E-state index contributed by atoms with van der Waals surface area (Å²) in [6, 6.07) is 0. The summed E-state index contributed by atoms with van der Waals surface area (Å²) in [6.07, 6.45) is 0. The molecule has 0 aliphatic heterocycles. The van der Waals surface area contributed by atoms with Crippen LogP contribution in [0.25, 0.3) is 0 Å². The van der Waals surface area contributed by atoms with Crippen molar-refractivity contribution in [2.45, 2.75) is 0 Å². The average molecular weight is 2080 g/mol. The third-order valence-electron chi connectivity index (χ3n) is 0. The molecule has 0 saturated heterocycles. The SMILES string of the molecule is O.O.O.O.O.O=P([O-])([O-])[O-].O=P([O-])([O-])[O-].O=P([O-])([O-])[O-].O=P([O-])([O-])[O-].O=P([O-])([O-])[O-].O=P([O-])([O-])[O-].O=[Si]([O-])[O-].O=[Si]([O-])[O-].O=[Si]([O-])[O-].O=[Si]([O-])[O-].O=[Si]([O-])[O-].O=[Si]([O-])[O-].[Ca+2].[Ca+2].[Ca+2].[Ca+2].[Ca+2].[Sr+2].[Sr+2].[Sr+2].[Sr+2].[Sr+2].[Zn+2].[Zn+2].[Zn+2].[Zn+2].[Zn+2]. The van der Waals surface area contributed by atoms with Crippen LogP contribution in [0.4, 0.5) is 0 Å². The van der Waals surface area contributed by atoms with Gasteiger partial charge < -0.3 is 227 Å². The first kappa shape index (κ1) is 212. The first-order valence-corrected chi connectivity index (χ1v) is 24.2. The average Bonchev–Trinajstić information content (AvgIpc) is 2.55. The Balaban J connectivity index is -0.00000000847. The monoisotopic (exact) mass is 2070 g/mol. The van der Waals surface area contributed by atoms with Crippen LogP contribution in [0.3, 0.4) is 0 Å². The topological polar surface area (TPSA) is 1050 Å². The third kappa shape index (κ3) is 2870. The van der Waals surface area contributed by atoms with Gasteiger partial charge in [-0.2, -0.15) is 46.9 Å². The van der Waals surface area contributed by atoms with Gasteiger partial charge in [-0.15, -0.1) is 0 Å². The number of hydrogen-bond donors (Lipinski definition) is 0. The van der Waals surface area contributed by atoms with Crippen molar-refractivity contribution >= 4 is 518 Å². The van der Waals surface area contributed by atoms with Gasteiger partial charge in [-0.1, -0.05) is 0 Å². The van der Waals surface area contributed by atoms with Crippen LogP contribution in [-0.2, 0) is 152 Å². The molecule has 0 aromatic carbocycles. The maximum absolute atomic E-state index is 8.55. The molecule has 0 spiro atoms. The van der Waals surface area contributed by atoms with Crippen molar-refractivity contribution in [2.75, 3.05) is 0 Å². The summed E-state index contributed by atoms with van der Waals surface area (Å²) in [5.74, 6) is 0. The van der Waals surface area contributed by atoms with E-state index in [0.717, 1.165) is 0 Å². The molecule has 74 heteroatoms. The normalized spacial score (nSPS) is 6.73. The zero-order valence-corrected chi connectivity index (χ0v) is 90.6. The standard InChI is InChI=1S/5Ca.6H3O4P.6O3Si.5H2O.5Sr.5Zn/c;;;;;6*1-5(2,3)4;6*1-4(2)3;;;;;;;;;;;;;;;/h;;;;;6*(H3,1,2,3,4);;;;;;;5*1H2;;;;;;;;;;/q5*+2;;;;;;;6*-2;;;;;;10*+2/p-18. The smallest absolute Gasteiger partial charge is 0.822 e. The van der Waals surface area contributed by atoms with Gasteiger partial charge in [0.15, 0.2) is 0 Å². The van der Waals surface area contributed by atoms with Crippen molar-refractivity contribution in [1.29, 1.82) is 0 Å². The van der Waals surface area contributed by atoms with Crippen molar-refractivity contribution in [3.05, 3.63) is 0 Å². The van der Waals surface area contributed by atoms with Crippen molar-refractivity contribution in [2.24, 2.45) is 0 Å². The predicted octanol–water partition coefficient (Wildman–Crippen LogP) is -42.2. The number of rotatable bonds is 0. The molecule has 0 heterocycles. The molecule has 0 radical (unpaired) electrons. The molecule has 0 aromatic heterocycles. The van der Waals surface area contributed by atoms with E-state index in [1.165, 1.54) is 0 Å². The summed E-state index contributed by atoms with van der Waals surface area (Å²) < 4.78 is 102. The molecule has 10 N–H and O–H groups in total. The molecule has 0 amide bonds. The molecule has 0 atom stereocenters. The van der Waals surface area contributed by atoms with Crippen LogP contribution in [0.5, 0.6) is 0 Å². The minimum Gasteiger partial charge on any atom is -0.822 e. The molecule has 0 bridgehead atoms. The van der Waals surface area contributed by atoms with Crippen molar-refractivity contribution in [1.82, 2.24) is 0 Å². The molecule has 47 nitrogen and oxygen atoms in total. The number of hydrogen-bond acceptors (Lipinski definition) is 42. The molecular weight excluding hydrogens is 2070 g/mol. The molecule has 0 fully saturated rings. The quantitative estimate of drug-likeness (QED) is 0.160. The zero-order chi connectivity index (χ0) is 48.5. The van der Waals surface area contributed by atoms with E-state index < -0.39 is 102 Å². The number of phosphoric acid groups is 6. The predicted molar refractivity (Wildman–Crippen MR) is 160 cm³/mol. The van der Waals surface area contributed by atoms with Crippen LogP contribution in [0.15, 0.2) is 0 Å². The first-order chi connectivity index (χ1) is 22.4. The first-order valence-electron chi connectivity index (χ1n) is 8.06. The van der Waals surface area contributed by atoms with Gasteiger partial charge in [-0.25, -0.2) is 0 Å². The van der Waals surface area contributed by atoms with Gasteiger partial charge in [0.2, 0.25) is 0 Å². The Kier molecular flexibility index (Phi) is 401. The summed E-state index contributed by atoms with van der Waals surface area (Å²) in [6.45, 7) is 0. The van der Waals surface area contributed by atoms with E-state index in [9.17, 15) is 0 Å². The van der Waals surface area contributed by atoms with Gasteiger partial charge in [0.05, 0.1) is 0 Å². The summed E-state index contributed by atoms with van der Waals surface area (Å²) >= 11 is 0. The molecule has 0 aliphatic rings. The zero-order valence-electron chi connectivity index (χ0n) is 35.9. The van der Waals surface area contributed by atoms with Gasteiger partial charge in [0.1, 0.15) is 0 Å². The summed E-state index contributed by atoms with van der Waals surface area (Å²) in [5.41, 5.74) is 0. The maximum atomic E-state index is 8.55. The minimum atomic E-state index is -5.39. The fourth-order valence-corrected chi connectivity index (χ4v) is 0. The second kappa shape index (κ2) is 140. The molecule has 0 rings (SSSR count). The third-order valence-corrected chi connectivity index (χ3v) is 0. The van der Waals surface area contributed by atoms with Crippen LogP contribution in [0, 0.1) is 0 Å². The van der Waals surface area contributed by atoms with Crippen LogP contribution in [-0.4, -0.2) is 499 Å². The second-order valence-corrected chi connectivity index (χ2v) is 12.5. The van der Waals surface area contributed by atoms with Crippen LogP contribution >= 0.6 is 46.9 Å². The van der Waals surface area contributed by atoms with Gasteiger partial charge >= 0.3 is 513 Å². The molecular formula is H10Ca5O47P6Si6Sr5Zn5. The van der Waals surface area contributed by atoms with E-state index in [0.29, 0.717) is 0 Å². The fourth-order valence-electron chi connectivity index (χ4n) is 0. The van der Waals surface area contributed by atoms with Crippen molar-refractivity contribution < 1.29 is 325 Å². The van der Waals surface area contributed by atoms with E-state index in [2.05, 4.69) is 0 Å². The van der Waals surface area contributed by atoms with Crippen LogP contribution < -0.4 is 146 Å². The summed E-state index contributed by atoms with van der Waals surface area (Å²) in [4.78, 5) is 256. The van der Waals surface area contributed by atoms with E-state index >= 15 is 0 Å². The Morgan fingerprint density at radius 2 is 0.189 bits per heavy atom. The van der Waals surface area contributed by atoms with Gasteiger partial charge in [-0.3, -0.25) is 0 Å². The molecule has 0 saturated carbocycles. The van der Waals surface area contributed by atoms with Gasteiger partial charge in [0.25, 0.3) is 0 Å². The van der Waals surface area contributed by atoms with Crippen LogP contribution in [0.2, 0.25) is 0 Å². The van der Waals surface area contributed by atoms with Gasteiger partial charge in [0, 0.05) is 55.0 Å². The summed E-state index contributed by atoms with van der Waals surface area (Å²) in [7, 11) is -54.1. The molecule has 74 heavy (non-hydrogen) atoms. The Morgan fingerprint density at radius 3 is 0.189 bits per heavy atom. The largest absolute Gasteiger partial charge is 2.00 e. The fraction of sp³-hybridized carbons (Fsp3) is 0. The van der Waals surface area contributed by atoms with Crippen molar-refractivity contribution in [3.8, 4) is 0 Å². The molecule has 0 unspecified atom stereocenters. The Labute approximate surface area is 821 Å². The van der Waals surface area contributed by atoms with E-state index in [-0.39, 0.29) is 541 Å². The molecule has 0 aromatic rings. The minimum absolute atomic E-state index is 0. The molecule has 0 aliphatic carbocycles. The Hall–Kier alpha value is 15.0. The van der Waals surface area contributed by atoms with Crippen LogP contribution in [0.1, 0.15) is 0 Å². The van der Waals surface area contributed by atoms with Gasteiger partial charge in [-0.05, 0) is 0 Å². The molecule has 376 valence electrons. The van der Waals surface area contributed by atoms with E-state index in [4.69, 9.17) is 200 Å². The van der Waals surface area contributed by atoms with Crippen molar-refractivity contribution in [3.63, 3.8) is 0 Å². The Morgan fingerprint density at radius 1 is 0.189 bits per heavy atom. The Bertz CT molecular complexity index is 979. The van der Waals surface area contributed by atoms with E-state index in [1.807, 2.05) is 0 Å². The van der Waals surface area contributed by atoms with E-state index in [1.54, 1.807) is 0 Å². The second-order valence-electron chi connectivity index (χ2n) is 4.18. The maximum Gasteiger partial charge on any atom is 2.00 e.